The van der Waals surface area contributed by atoms with Crippen molar-refractivity contribution in [1.82, 2.24) is 4.98 Å². The highest BCUT2D eigenvalue weighted by molar-refractivity contribution is 5.45. The molecule has 2 heterocycles. The lowest BCUT2D eigenvalue weighted by atomic mass is 9.85. The van der Waals surface area contributed by atoms with Gasteiger partial charge < -0.3 is 4.74 Å². The van der Waals surface area contributed by atoms with Gasteiger partial charge in [0.05, 0.1) is 5.69 Å². The van der Waals surface area contributed by atoms with Crippen LogP contribution >= 0.6 is 0 Å². The summed E-state index contributed by atoms with van der Waals surface area (Å²) in [6.45, 7) is 6.72. The first-order valence-electron chi connectivity index (χ1n) is 6.79. The van der Waals surface area contributed by atoms with Crippen molar-refractivity contribution in [3.05, 3.63) is 53.3 Å². The van der Waals surface area contributed by atoms with Crippen LogP contribution in [0.15, 0.2) is 36.5 Å². The Labute approximate surface area is 114 Å². The first kappa shape index (κ1) is 12.2. The van der Waals surface area contributed by atoms with Gasteiger partial charge in [0.1, 0.15) is 11.5 Å². The van der Waals surface area contributed by atoms with Gasteiger partial charge in [0, 0.05) is 6.20 Å². The van der Waals surface area contributed by atoms with Crippen molar-refractivity contribution in [2.75, 3.05) is 0 Å². The Kier molecular flexibility index (Phi) is 2.81. The number of aromatic nitrogens is 1. The van der Waals surface area contributed by atoms with Crippen LogP contribution in [0.4, 0.5) is 0 Å². The van der Waals surface area contributed by atoms with Gasteiger partial charge in [0.2, 0.25) is 0 Å². The maximum atomic E-state index is 6.01. The van der Waals surface area contributed by atoms with Crippen LogP contribution in [0.5, 0.6) is 11.5 Å². The largest absolute Gasteiger partial charge is 0.455 e. The number of ether oxygens (including phenoxy) is 1. The normalized spacial score (nSPS) is 14.1. The molecular weight excluding hydrogens is 234 g/mol. The SMILES string of the molecule is CC(C)(C)c1ccc2c(c1)CCc1ncccc1O2. The van der Waals surface area contributed by atoms with Crippen molar-refractivity contribution in [3.8, 4) is 11.5 Å². The summed E-state index contributed by atoms with van der Waals surface area (Å²) in [6, 6.07) is 10.5. The van der Waals surface area contributed by atoms with Crippen molar-refractivity contribution in [2.45, 2.75) is 39.0 Å². The number of hydrogen-bond donors (Lipinski definition) is 0. The van der Waals surface area contributed by atoms with E-state index in [0.29, 0.717) is 0 Å². The highest BCUT2D eigenvalue weighted by Crippen LogP contribution is 2.35. The summed E-state index contributed by atoms with van der Waals surface area (Å²) >= 11 is 0. The zero-order valence-corrected chi connectivity index (χ0v) is 11.7. The third-order valence-electron chi connectivity index (χ3n) is 3.63. The monoisotopic (exact) mass is 253 g/mol. The Morgan fingerprint density at radius 2 is 1.89 bits per heavy atom. The third kappa shape index (κ3) is 2.35. The lowest BCUT2D eigenvalue weighted by molar-refractivity contribution is 0.475. The number of fused-ring (bicyclic) bond motifs is 2. The molecule has 2 heteroatoms. The first-order chi connectivity index (χ1) is 9.04. The van der Waals surface area contributed by atoms with E-state index in [0.717, 1.165) is 30.0 Å². The van der Waals surface area contributed by atoms with Gasteiger partial charge in [-0.25, -0.2) is 0 Å². The predicted octanol–water partition coefficient (Wildman–Crippen LogP) is 4.27. The summed E-state index contributed by atoms with van der Waals surface area (Å²) in [6.07, 6.45) is 3.76. The number of hydrogen-bond acceptors (Lipinski definition) is 2. The van der Waals surface area contributed by atoms with E-state index in [1.807, 2.05) is 18.3 Å². The molecule has 0 spiro atoms. The van der Waals surface area contributed by atoms with E-state index in [1.165, 1.54) is 11.1 Å². The fourth-order valence-electron chi connectivity index (χ4n) is 2.42. The van der Waals surface area contributed by atoms with Crippen LogP contribution in [0.3, 0.4) is 0 Å². The fraction of sp³-hybridized carbons (Fsp3) is 0.353. The second-order valence-corrected chi connectivity index (χ2v) is 6.12. The molecule has 1 aliphatic rings. The number of aryl methyl sites for hydroxylation is 2. The summed E-state index contributed by atoms with van der Waals surface area (Å²) in [5.41, 5.74) is 3.86. The average molecular weight is 253 g/mol. The maximum Gasteiger partial charge on any atom is 0.148 e. The molecule has 0 N–H and O–H groups in total. The molecule has 3 rings (SSSR count). The van der Waals surface area contributed by atoms with Crippen LogP contribution in [0.25, 0.3) is 0 Å². The second-order valence-electron chi connectivity index (χ2n) is 6.12. The van der Waals surface area contributed by atoms with Gasteiger partial charge in [-0.2, -0.15) is 0 Å². The van der Waals surface area contributed by atoms with Gasteiger partial charge in [-0.05, 0) is 47.6 Å². The van der Waals surface area contributed by atoms with Gasteiger partial charge in [-0.15, -0.1) is 0 Å². The maximum absolute atomic E-state index is 6.01. The molecule has 1 aliphatic heterocycles. The summed E-state index contributed by atoms with van der Waals surface area (Å²) in [4.78, 5) is 4.41. The van der Waals surface area contributed by atoms with Crippen molar-refractivity contribution >= 4 is 0 Å². The van der Waals surface area contributed by atoms with Crippen molar-refractivity contribution < 1.29 is 4.74 Å². The van der Waals surface area contributed by atoms with Crippen LogP contribution in [-0.4, -0.2) is 4.98 Å². The van der Waals surface area contributed by atoms with Crippen molar-refractivity contribution in [3.63, 3.8) is 0 Å². The molecule has 0 fully saturated rings. The number of pyridine rings is 1. The molecule has 0 saturated heterocycles. The molecule has 0 radical (unpaired) electrons. The number of nitrogens with zero attached hydrogens (tertiary/aromatic N) is 1. The van der Waals surface area contributed by atoms with Crippen LogP contribution in [0.2, 0.25) is 0 Å². The smallest absolute Gasteiger partial charge is 0.148 e. The van der Waals surface area contributed by atoms with Gasteiger partial charge in [-0.1, -0.05) is 32.9 Å². The molecule has 2 aromatic rings. The van der Waals surface area contributed by atoms with E-state index in [1.54, 1.807) is 0 Å². The Bertz CT molecular complexity index is 611. The molecule has 0 atom stereocenters. The molecule has 19 heavy (non-hydrogen) atoms. The van der Waals surface area contributed by atoms with E-state index < -0.39 is 0 Å². The van der Waals surface area contributed by atoms with E-state index in [-0.39, 0.29) is 5.41 Å². The number of benzene rings is 1. The van der Waals surface area contributed by atoms with Crippen molar-refractivity contribution in [2.24, 2.45) is 0 Å². The zero-order chi connectivity index (χ0) is 13.5. The fourth-order valence-corrected chi connectivity index (χ4v) is 2.42. The number of rotatable bonds is 0. The second kappa shape index (κ2) is 4.37. The molecule has 2 nitrogen and oxygen atoms in total. The van der Waals surface area contributed by atoms with Crippen molar-refractivity contribution in [1.29, 1.82) is 0 Å². The minimum Gasteiger partial charge on any atom is -0.455 e. The Morgan fingerprint density at radius 1 is 1.05 bits per heavy atom. The quantitative estimate of drug-likeness (QED) is 0.699. The van der Waals surface area contributed by atoms with Gasteiger partial charge in [0.15, 0.2) is 0 Å². The standard InChI is InChI=1S/C17H19NO/c1-17(2,3)13-7-9-15-12(11-13)6-8-14-16(19-15)5-4-10-18-14/h4-5,7,9-11H,6,8H2,1-3H3. The first-order valence-corrected chi connectivity index (χ1v) is 6.79. The highest BCUT2D eigenvalue weighted by Gasteiger charge is 2.19. The lowest BCUT2D eigenvalue weighted by Gasteiger charge is -2.20. The summed E-state index contributed by atoms with van der Waals surface area (Å²) < 4.78 is 6.01. The summed E-state index contributed by atoms with van der Waals surface area (Å²) in [5.74, 6) is 1.87. The van der Waals surface area contributed by atoms with Gasteiger partial charge >= 0.3 is 0 Å². The topological polar surface area (TPSA) is 22.1 Å². The molecule has 0 saturated carbocycles. The summed E-state index contributed by atoms with van der Waals surface area (Å²) in [5, 5.41) is 0. The van der Waals surface area contributed by atoms with Crippen LogP contribution in [0, 0.1) is 0 Å². The Balaban J connectivity index is 2.02. The van der Waals surface area contributed by atoms with Gasteiger partial charge in [0.25, 0.3) is 0 Å². The molecule has 98 valence electrons. The lowest BCUT2D eigenvalue weighted by Crippen LogP contribution is -2.11. The molecule has 1 aromatic carbocycles. The molecule has 0 bridgehead atoms. The Morgan fingerprint density at radius 3 is 2.68 bits per heavy atom. The molecule has 0 aliphatic carbocycles. The van der Waals surface area contributed by atoms with Crippen LogP contribution in [0.1, 0.15) is 37.6 Å². The molecule has 1 aromatic heterocycles. The molecule has 0 amide bonds. The zero-order valence-electron chi connectivity index (χ0n) is 11.7. The average Bonchev–Trinajstić information content (AvgIpc) is 2.55. The molecular formula is C17H19NO. The van der Waals surface area contributed by atoms with E-state index in [4.69, 9.17) is 4.74 Å². The van der Waals surface area contributed by atoms with E-state index in [9.17, 15) is 0 Å². The third-order valence-corrected chi connectivity index (χ3v) is 3.63. The summed E-state index contributed by atoms with van der Waals surface area (Å²) in [7, 11) is 0. The predicted molar refractivity (Wildman–Crippen MR) is 76.9 cm³/mol. The highest BCUT2D eigenvalue weighted by atomic mass is 16.5. The van der Waals surface area contributed by atoms with Crippen LogP contribution in [-0.2, 0) is 18.3 Å². The molecule has 0 unspecified atom stereocenters. The Hall–Kier alpha value is -1.83. The van der Waals surface area contributed by atoms with E-state index >= 15 is 0 Å². The van der Waals surface area contributed by atoms with Gasteiger partial charge in [-0.3, -0.25) is 4.98 Å². The minimum atomic E-state index is 0.173. The minimum absolute atomic E-state index is 0.173. The van der Waals surface area contributed by atoms with E-state index in [2.05, 4.69) is 44.0 Å². The van der Waals surface area contributed by atoms with Crippen LogP contribution < -0.4 is 4.74 Å².